The molecule has 3 rings (SSSR count). The summed E-state index contributed by atoms with van der Waals surface area (Å²) < 4.78 is 64.5. The molecule has 0 spiro atoms. The number of fused-ring (bicyclic) bond motifs is 1. The Morgan fingerprint density at radius 2 is 1.87 bits per heavy atom. The predicted octanol–water partition coefficient (Wildman–Crippen LogP) is 2.95. The van der Waals surface area contributed by atoms with Gasteiger partial charge in [0.2, 0.25) is 0 Å². The molecule has 0 unspecified atom stereocenters. The van der Waals surface area contributed by atoms with Crippen molar-refractivity contribution in [2.24, 2.45) is 0 Å². The molecule has 0 aromatic carbocycles. The van der Waals surface area contributed by atoms with Gasteiger partial charge in [0.05, 0.1) is 19.5 Å². The van der Waals surface area contributed by atoms with Gasteiger partial charge in [-0.2, -0.15) is 13.2 Å². The summed E-state index contributed by atoms with van der Waals surface area (Å²) in [6.07, 6.45) is -8.77. The number of nitrogens with zero attached hydrogens (tertiary/aromatic N) is 3. The van der Waals surface area contributed by atoms with Gasteiger partial charge in [-0.25, -0.2) is 13.6 Å². The molecule has 2 aliphatic rings. The molecule has 1 aromatic heterocycles. The number of rotatable bonds is 6. The van der Waals surface area contributed by atoms with Gasteiger partial charge in [-0.05, 0) is 12.5 Å². The Bertz CT molecular complexity index is 930. The summed E-state index contributed by atoms with van der Waals surface area (Å²) in [4.78, 5) is 39.7. The third-order valence-electron chi connectivity index (χ3n) is 4.97. The van der Waals surface area contributed by atoms with Gasteiger partial charge in [-0.15, -0.1) is 11.3 Å². The number of alkyl halides is 5. The van der Waals surface area contributed by atoms with E-state index in [2.05, 4.69) is 11.9 Å². The molecule has 2 aliphatic heterocycles. The van der Waals surface area contributed by atoms with E-state index in [0.29, 0.717) is 15.3 Å². The number of nitrogens with one attached hydrogen (secondary N) is 1. The molecule has 7 nitrogen and oxygen atoms in total. The van der Waals surface area contributed by atoms with Crippen LogP contribution in [0, 0.1) is 6.92 Å². The number of halogens is 5. The van der Waals surface area contributed by atoms with Crippen LogP contribution in [0.25, 0.3) is 5.70 Å². The van der Waals surface area contributed by atoms with Crippen LogP contribution in [0.1, 0.15) is 22.4 Å². The second-order valence-electron chi connectivity index (χ2n) is 7.06. The normalized spacial score (nSPS) is 17.6. The first-order chi connectivity index (χ1) is 14.4. The first-order valence-electron chi connectivity index (χ1n) is 9.23. The summed E-state index contributed by atoms with van der Waals surface area (Å²) in [5.41, 5.74) is 0.759. The molecule has 170 valence electrons. The van der Waals surface area contributed by atoms with Crippen LogP contribution in [0.3, 0.4) is 0 Å². The lowest BCUT2D eigenvalue weighted by Crippen LogP contribution is -2.51. The van der Waals surface area contributed by atoms with Gasteiger partial charge in [0, 0.05) is 35.8 Å². The number of anilines is 1. The summed E-state index contributed by atoms with van der Waals surface area (Å²) >= 11 is 0.983. The van der Waals surface area contributed by atoms with E-state index in [9.17, 15) is 36.3 Å². The van der Waals surface area contributed by atoms with Crippen LogP contribution >= 0.6 is 11.3 Å². The van der Waals surface area contributed by atoms with E-state index >= 15 is 0 Å². The van der Waals surface area contributed by atoms with Crippen molar-refractivity contribution in [1.29, 1.82) is 0 Å². The summed E-state index contributed by atoms with van der Waals surface area (Å²) in [5, 5.41) is 2.57. The Morgan fingerprint density at radius 3 is 2.48 bits per heavy atom. The topological polar surface area (TPSA) is 73.0 Å². The molecule has 1 saturated heterocycles. The van der Waals surface area contributed by atoms with Crippen molar-refractivity contribution in [2.45, 2.75) is 32.5 Å². The molecule has 3 heterocycles. The predicted molar refractivity (Wildman–Crippen MR) is 103 cm³/mol. The molecule has 1 aromatic rings. The summed E-state index contributed by atoms with van der Waals surface area (Å²) in [7, 11) is 0. The zero-order valence-corrected chi connectivity index (χ0v) is 17.2. The van der Waals surface area contributed by atoms with Crippen molar-refractivity contribution >= 4 is 39.9 Å². The van der Waals surface area contributed by atoms with Crippen LogP contribution in [0.2, 0.25) is 0 Å². The van der Waals surface area contributed by atoms with Gasteiger partial charge in [0.1, 0.15) is 5.00 Å². The van der Waals surface area contributed by atoms with E-state index in [1.54, 1.807) is 6.92 Å². The van der Waals surface area contributed by atoms with E-state index in [0.717, 1.165) is 16.2 Å². The molecule has 1 N–H and O–H groups in total. The number of carbonyl (C=O) groups excluding carboxylic acids is 3. The van der Waals surface area contributed by atoms with Crippen LogP contribution in [-0.2, 0) is 16.1 Å². The first kappa shape index (κ1) is 23.0. The third-order valence-corrected chi connectivity index (χ3v) is 6.27. The molecule has 0 radical (unpaired) electrons. The smallest absolute Gasteiger partial charge is 0.346 e. The summed E-state index contributed by atoms with van der Waals surface area (Å²) in [6.45, 7) is 4.07. The molecule has 31 heavy (non-hydrogen) atoms. The highest BCUT2D eigenvalue weighted by molar-refractivity contribution is 7.17. The molecular formula is C18H19F5N4O3S. The van der Waals surface area contributed by atoms with Crippen molar-refractivity contribution in [3.8, 4) is 0 Å². The van der Waals surface area contributed by atoms with Crippen molar-refractivity contribution in [2.75, 3.05) is 31.1 Å². The van der Waals surface area contributed by atoms with Crippen LogP contribution in [0.5, 0.6) is 0 Å². The van der Waals surface area contributed by atoms with E-state index < -0.39 is 50.0 Å². The van der Waals surface area contributed by atoms with Gasteiger partial charge in [0.15, 0.2) is 0 Å². The van der Waals surface area contributed by atoms with Gasteiger partial charge >= 0.3 is 24.0 Å². The summed E-state index contributed by atoms with van der Waals surface area (Å²) in [5.74, 6) is -1.51. The third kappa shape index (κ3) is 4.65. The highest BCUT2D eigenvalue weighted by Crippen LogP contribution is 2.45. The summed E-state index contributed by atoms with van der Waals surface area (Å²) in [6, 6.07) is -1.01. The standard InChI is InChI=1S/C18H19F5N4O3S/c1-9-11(7-25-6-4-24-14(28)15(25)29)31-16-13(9)10(2)27(8-12(19)20)17(30)26(16)5-3-18(21,22)23/h12H,2-8H2,1H3,(H,24,28). The van der Waals surface area contributed by atoms with Crippen molar-refractivity contribution in [3.05, 3.63) is 22.6 Å². The minimum absolute atomic E-state index is 0.000812. The average Bonchev–Trinajstić information content (AvgIpc) is 2.97. The minimum Gasteiger partial charge on any atom is -0.346 e. The largest absolute Gasteiger partial charge is 0.390 e. The SMILES string of the molecule is C=C1c2c(sc(CN3CCNC(=O)C3=O)c2C)N(CCC(F)(F)F)C(=O)N1CC(F)F. The lowest BCUT2D eigenvalue weighted by Gasteiger charge is -2.36. The number of hydrogen-bond acceptors (Lipinski definition) is 4. The Balaban J connectivity index is 1.98. The molecule has 0 bridgehead atoms. The highest BCUT2D eigenvalue weighted by atomic mass is 32.1. The minimum atomic E-state index is -4.55. The van der Waals surface area contributed by atoms with E-state index in [-0.39, 0.29) is 35.9 Å². The fourth-order valence-corrected chi connectivity index (χ4v) is 4.78. The Morgan fingerprint density at radius 1 is 1.19 bits per heavy atom. The fourth-order valence-electron chi connectivity index (χ4n) is 3.42. The quantitative estimate of drug-likeness (QED) is 0.518. The zero-order chi connectivity index (χ0) is 23.1. The second kappa shape index (κ2) is 8.44. The number of urea groups is 1. The molecule has 13 heteroatoms. The fraction of sp³-hybridized carbons (Fsp3) is 0.500. The van der Waals surface area contributed by atoms with Crippen molar-refractivity contribution in [3.63, 3.8) is 0 Å². The van der Waals surface area contributed by atoms with Gasteiger partial charge in [0.25, 0.3) is 6.43 Å². The van der Waals surface area contributed by atoms with E-state index in [1.165, 1.54) is 4.90 Å². The number of thiophene rings is 1. The maximum Gasteiger partial charge on any atom is 0.390 e. The molecule has 0 saturated carbocycles. The zero-order valence-electron chi connectivity index (χ0n) is 16.4. The number of carbonyl (C=O) groups is 3. The molecule has 0 aliphatic carbocycles. The van der Waals surface area contributed by atoms with Crippen LogP contribution in [0.4, 0.5) is 31.7 Å². The van der Waals surface area contributed by atoms with E-state index in [4.69, 9.17) is 0 Å². The molecule has 4 amide bonds. The van der Waals surface area contributed by atoms with Gasteiger partial charge < -0.3 is 10.2 Å². The molecule has 0 atom stereocenters. The van der Waals surface area contributed by atoms with Crippen molar-refractivity contribution in [1.82, 2.24) is 15.1 Å². The van der Waals surface area contributed by atoms with Crippen molar-refractivity contribution < 1.29 is 36.3 Å². The van der Waals surface area contributed by atoms with Gasteiger partial charge in [-0.1, -0.05) is 6.58 Å². The monoisotopic (exact) mass is 466 g/mol. The first-order valence-corrected chi connectivity index (χ1v) is 10.0. The lowest BCUT2D eigenvalue weighted by molar-refractivity contribution is -0.148. The highest BCUT2D eigenvalue weighted by Gasteiger charge is 2.40. The van der Waals surface area contributed by atoms with E-state index in [1.807, 2.05) is 0 Å². The lowest BCUT2D eigenvalue weighted by atomic mass is 10.1. The van der Waals surface area contributed by atoms with Crippen LogP contribution in [0.15, 0.2) is 6.58 Å². The number of piperazine rings is 1. The number of amides is 4. The van der Waals surface area contributed by atoms with Gasteiger partial charge in [-0.3, -0.25) is 19.4 Å². The maximum absolute atomic E-state index is 13.0. The molecule has 1 fully saturated rings. The van der Waals surface area contributed by atoms with Crippen LogP contribution < -0.4 is 10.2 Å². The Hall–Kier alpha value is -2.70. The second-order valence-corrected chi connectivity index (χ2v) is 8.14. The average molecular weight is 466 g/mol. The Labute approximate surface area is 178 Å². The molecular weight excluding hydrogens is 447 g/mol. The van der Waals surface area contributed by atoms with Crippen LogP contribution in [-0.4, -0.2) is 66.4 Å². The Kier molecular flexibility index (Phi) is 6.25. The maximum atomic E-state index is 13.0. The number of hydrogen-bond donors (Lipinski definition) is 1.